The van der Waals surface area contributed by atoms with Crippen LogP contribution in [0.1, 0.15) is 41.8 Å². The average Bonchev–Trinajstić information content (AvgIpc) is 3.33. The molecule has 3 aromatic rings. The molecule has 1 atom stereocenters. The molecule has 38 heavy (non-hydrogen) atoms. The van der Waals surface area contributed by atoms with E-state index in [4.69, 9.17) is 9.73 Å². The summed E-state index contributed by atoms with van der Waals surface area (Å²) in [6.45, 7) is 4.38. The van der Waals surface area contributed by atoms with Crippen molar-refractivity contribution in [2.24, 2.45) is 4.99 Å². The first-order valence-corrected chi connectivity index (χ1v) is 13.3. The topological polar surface area (TPSA) is 83.9 Å². The molecule has 2 aliphatic heterocycles. The van der Waals surface area contributed by atoms with E-state index in [0.717, 1.165) is 33.2 Å². The number of benzene rings is 2. The zero-order valence-corrected chi connectivity index (χ0v) is 22.1. The molecule has 5 rings (SSSR count). The van der Waals surface area contributed by atoms with E-state index in [0.29, 0.717) is 17.8 Å². The summed E-state index contributed by atoms with van der Waals surface area (Å²) in [5, 5.41) is 5.63. The third-order valence-electron chi connectivity index (χ3n) is 6.45. The van der Waals surface area contributed by atoms with Crippen molar-refractivity contribution in [3.8, 4) is 0 Å². The molecule has 0 aliphatic carbocycles. The first-order valence-electron chi connectivity index (χ1n) is 12.4. The zero-order valence-electron chi connectivity index (χ0n) is 21.3. The minimum Gasteiger partial charge on any atom is -0.457 e. The zero-order chi connectivity index (χ0) is 26.5. The van der Waals surface area contributed by atoms with E-state index in [2.05, 4.69) is 10.3 Å². The molecule has 0 spiro atoms. The molecule has 1 aromatic heterocycles. The van der Waals surface area contributed by atoms with Crippen molar-refractivity contribution in [3.63, 3.8) is 0 Å². The molecule has 8 heteroatoms. The maximum Gasteiger partial charge on any atom is 0.338 e. The molecule has 0 bridgehead atoms. The van der Waals surface area contributed by atoms with Crippen molar-refractivity contribution in [1.82, 2.24) is 15.2 Å². The fourth-order valence-electron chi connectivity index (χ4n) is 4.54. The molecule has 1 amide bonds. The van der Waals surface area contributed by atoms with E-state index < -0.39 is 12.0 Å². The van der Waals surface area contributed by atoms with Gasteiger partial charge in [0.15, 0.2) is 5.17 Å². The number of allylic oxidation sites excluding steroid dienone is 1. The van der Waals surface area contributed by atoms with Gasteiger partial charge in [0.25, 0.3) is 0 Å². The highest BCUT2D eigenvalue weighted by Crippen LogP contribution is 2.45. The van der Waals surface area contributed by atoms with Gasteiger partial charge in [-0.1, -0.05) is 72.4 Å². The van der Waals surface area contributed by atoms with Crippen LogP contribution in [-0.2, 0) is 27.5 Å². The Bertz CT molecular complexity index is 1430. The van der Waals surface area contributed by atoms with E-state index in [9.17, 15) is 9.59 Å². The number of nitrogens with zero attached hydrogens (tertiary/aromatic N) is 3. The average molecular weight is 525 g/mol. The standard InChI is InChI=1S/C30H28N4O3S/c1-20-10-6-7-14-25(20)28-27(29(36)37-18-22-11-4-3-5-12-22)21(2)33-30-34(28)24(19-38-30)16-26(35)32-17-23-13-8-9-15-31-23/h3-15,19,28H,16-18H2,1-2H3,(H,32,35)/t28-/m0/s1. The normalized spacial score (nSPS) is 16.5. The van der Waals surface area contributed by atoms with Crippen molar-refractivity contribution in [1.29, 1.82) is 0 Å². The van der Waals surface area contributed by atoms with Gasteiger partial charge in [-0.05, 0) is 48.1 Å². The number of carbonyl (C=O) groups excluding carboxylic acids is 2. The lowest BCUT2D eigenvalue weighted by Crippen LogP contribution is -2.38. The number of aliphatic imine (C=N–C) groups is 1. The van der Waals surface area contributed by atoms with Crippen LogP contribution >= 0.6 is 11.8 Å². The number of thioether (sulfide) groups is 1. The Kier molecular flexibility index (Phi) is 7.70. The van der Waals surface area contributed by atoms with Crippen LogP contribution in [0, 0.1) is 6.92 Å². The van der Waals surface area contributed by atoms with Crippen LogP contribution in [0.4, 0.5) is 0 Å². The Hall–Kier alpha value is -4.17. The number of aryl methyl sites for hydroxylation is 1. The van der Waals surface area contributed by atoms with Gasteiger partial charge in [0.2, 0.25) is 5.91 Å². The number of hydrogen-bond acceptors (Lipinski definition) is 7. The van der Waals surface area contributed by atoms with Crippen LogP contribution in [-0.4, -0.2) is 26.9 Å². The summed E-state index contributed by atoms with van der Waals surface area (Å²) in [5.74, 6) is -0.551. The molecule has 1 N–H and O–H groups in total. The predicted octanol–water partition coefficient (Wildman–Crippen LogP) is 5.41. The Morgan fingerprint density at radius 1 is 1.00 bits per heavy atom. The molecule has 7 nitrogen and oxygen atoms in total. The molecule has 2 aromatic carbocycles. The summed E-state index contributed by atoms with van der Waals surface area (Å²) in [6.07, 6.45) is 1.85. The van der Waals surface area contributed by atoms with E-state index in [1.165, 1.54) is 11.8 Å². The highest BCUT2D eigenvalue weighted by atomic mass is 32.2. The smallest absolute Gasteiger partial charge is 0.338 e. The Morgan fingerprint density at radius 3 is 2.53 bits per heavy atom. The van der Waals surface area contributed by atoms with Gasteiger partial charge >= 0.3 is 5.97 Å². The summed E-state index contributed by atoms with van der Waals surface area (Å²) in [6, 6.07) is 22.7. The molecule has 3 heterocycles. The number of rotatable bonds is 8. The van der Waals surface area contributed by atoms with E-state index in [1.54, 1.807) is 6.20 Å². The number of carbonyl (C=O) groups is 2. The van der Waals surface area contributed by atoms with Crippen molar-refractivity contribution in [2.75, 3.05) is 0 Å². The lowest BCUT2D eigenvalue weighted by Gasteiger charge is -2.37. The second-order valence-corrected chi connectivity index (χ2v) is 9.92. The van der Waals surface area contributed by atoms with E-state index in [1.807, 2.05) is 97.0 Å². The van der Waals surface area contributed by atoms with Crippen molar-refractivity contribution >= 4 is 28.8 Å². The van der Waals surface area contributed by atoms with Gasteiger partial charge in [-0.15, -0.1) is 0 Å². The van der Waals surface area contributed by atoms with Gasteiger partial charge < -0.3 is 15.0 Å². The molecule has 2 aliphatic rings. The van der Waals surface area contributed by atoms with Crippen molar-refractivity contribution in [3.05, 3.63) is 124 Å². The third kappa shape index (κ3) is 5.55. The molecule has 0 saturated carbocycles. The van der Waals surface area contributed by atoms with E-state index in [-0.39, 0.29) is 18.9 Å². The minimum absolute atomic E-state index is 0.133. The van der Waals surface area contributed by atoms with Crippen LogP contribution in [0.5, 0.6) is 0 Å². The maximum atomic E-state index is 13.6. The molecule has 0 saturated heterocycles. The lowest BCUT2D eigenvalue weighted by atomic mass is 9.91. The molecule has 192 valence electrons. The number of nitrogens with one attached hydrogen (secondary N) is 1. The SMILES string of the molecule is CC1=C(C(=O)OCc2ccccc2)[C@H](c2ccccc2C)N2C(CC(=O)NCc3ccccn3)=CSC2=N1. The molecule has 0 radical (unpaired) electrons. The second-order valence-electron chi connectivity index (χ2n) is 9.09. The quantitative estimate of drug-likeness (QED) is 0.397. The van der Waals surface area contributed by atoms with Crippen molar-refractivity contribution in [2.45, 2.75) is 39.5 Å². The maximum absolute atomic E-state index is 13.6. The number of amides is 1. The Labute approximate surface area is 226 Å². The highest BCUT2D eigenvalue weighted by molar-refractivity contribution is 8.16. The van der Waals surface area contributed by atoms with Gasteiger partial charge in [-0.25, -0.2) is 9.79 Å². The number of pyridine rings is 1. The largest absolute Gasteiger partial charge is 0.457 e. The number of amidine groups is 1. The molecular formula is C30H28N4O3S. The summed E-state index contributed by atoms with van der Waals surface area (Å²) in [4.78, 5) is 37.5. The number of fused-ring (bicyclic) bond motifs is 1. The van der Waals surface area contributed by atoms with Crippen LogP contribution in [0.2, 0.25) is 0 Å². The summed E-state index contributed by atoms with van der Waals surface area (Å²) in [5.41, 5.74) is 5.57. The minimum atomic E-state index is -0.461. The van der Waals surface area contributed by atoms with Gasteiger partial charge in [0.1, 0.15) is 6.61 Å². The number of hydrogen-bond donors (Lipinski definition) is 1. The van der Waals surface area contributed by atoms with Crippen LogP contribution in [0.3, 0.4) is 0 Å². The molecule has 0 fully saturated rings. The van der Waals surface area contributed by atoms with E-state index >= 15 is 0 Å². The highest BCUT2D eigenvalue weighted by Gasteiger charge is 2.41. The monoisotopic (exact) mass is 524 g/mol. The van der Waals surface area contributed by atoms with Gasteiger partial charge in [0, 0.05) is 11.9 Å². The van der Waals surface area contributed by atoms with Crippen LogP contribution in [0.15, 0.2) is 106 Å². The summed E-state index contributed by atoms with van der Waals surface area (Å²) in [7, 11) is 0. The fourth-order valence-corrected chi connectivity index (χ4v) is 5.50. The number of esters is 1. The summed E-state index contributed by atoms with van der Waals surface area (Å²) < 4.78 is 5.78. The molecule has 0 unspecified atom stereocenters. The van der Waals surface area contributed by atoms with Crippen molar-refractivity contribution < 1.29 is 14.3 Å². The third-order valence-corrected chi connectivity index (χ3v) is 7.34. The van der Waals surface area contributed by atoms with Gasteiger partial charge in [-0.2, -0.15) is 0 Å². The van der Waals surface area contributed by atoms with Crippen LogP contribution < -0.4 is 5.32 Å². The van der Waals surface area contributed by atoms with Gasteiger partial charge in [0.05, 0.1) is 36.0 Å². The predicted molar refractivity (Wildman–Crippen MR) is 149 cm³/mol. The summed E-state index contributed by atoms with van der Waals surface area (Å²) >= 11 is 1.46. The Morgan fingerprint density at radius 2 is 1.76 bits per heavy atom. The second kappa shape index (κ2) is 11.5. The first-order chi connectivity index (χ1) is 18.5. The lowest BCUT2D eigenvalue weighted by molar-refractivity contribution is -0.141. The number of aromatic nitrogens is 1. The van der Waals surface area contributed by atoms with Crippen LogP contribution in [0.25, 0.3) is 0 Å². The number of ether oxygens (including phenoxy) is 1. The first kappa shape index (κ1) is 25.5. The Balaban J connectivity index is 1.41. The molecular weight excluding hydrogens is 496 g/mol. The van der Waals surface area contributed by atoms with Gasteiger partial charge in [-0.3, -0.25) is 9.78 Å². The fraction of sp³-hybridized carbons (Fsp3) is 0.200.